The zero-order chi connectivity index (χ0) is 15.0. The normalized spacial score (nSPS) is 11.8. The molecule has 1 rings (SSSR count). The molecule has 0 fully saturated rings. The second-order valence-electron chi connectivity index (χ2n) is 3.92. The molecule has 1 aromatic carbocycles. The lowest BCUT2D eigenvalue weighted by molar-refractivity contribution is -0.147. The lowest BCUT2D eigenvalue weighted by Crippen LogP contribution is -2.45. The van der Waals surface area contributed by atoms with Crippen molar-refractivity contribution in [3.05, 3.63) is 35.6 Å². The lowest BCUT2D eigenvalue weighted by atomic mass is 10.2. The summed E-state index contributed by atoms with van der Waals surface area (Å²) >= 11 is 0. The van der Waals surface area contributed by atoms with Crippen LogP contribution in [0.4, 0.5) is 4.39 Å². The summed E-state index contributed by atoms with van der Waals surface area (Å²) in [5.41, 5.74) is -0.127. The number of nitrogens with one attached hydrogen (secondary N) is 1. The van der Waals surface area contributed by atoms with Gasteiger partial charge in [0.2, 0.25) is 0 Å². The van der Waals surface area contributed by atoms with Crippen molar-refractivity contribution >= 4 is 11.9 Å². The molecule has 1 atom stereocenters. The van der Waals surface area contributed by atoms with Gasteiger partial charge in [-0.05, 0) is 26.0 Å². The number of ether oxygens (including phenoxy) is 2. The van der Waals surface area contributed by atoms with E-state index in [-0.39, 0.29) is 18.8 Å². The molecule has 0 aliphatic heterocycles. The van der Waals surface area contributed by atoms with E-state index in [4.69, 9.17) is 9.47 Å². The molecule has 1 aromatic rings. The summed E-state index contributed by atoms with van der Waals surface area (Å²) in [4.78, 5) is 23.6. The number of hydrogen-bond donors (Lipinski definition) is 1. The van der Waals surface area contributed by atoms with Crippen molar-refractivity contribution in [3.8, 4) is 0 Å². The Balaban J connectivity index is 2.76. The number of rotatable bonds is 7. The Morgan fingerprint density at radius 2 is 1.95 bits per heavy atom. The Hall–Kier alpha value is -1.95. The number of hydrogen-bond acceptors (Lipinski definition) is 4. The molecule has 1 amide bonds. The van der Waals surface area contributed by atoms with Crippen LogP contribution in [-0.4, -0.2) is 37.7 Å². The van der Waals surface area contributed by atoms with Gasteiger partial charge in [0.1, 0.15) is 5.82 Å². The highest BCUT2D eigenvalue weighted by molar-refractivity contribution is 5.97. The molecule has 5 nitrogen and oxygen atoms in total. The largest absolute Gasteiger partial charge is 0.464 e. The van der Waals surface area contributed by atoms with E-state index in [0.29, 0.717) is 6.61 Å². The van der Waals surface area contributed by atoms with Crippen molar-refractivity contribution in [2.24, 2.45) is 0 Å². The Bertz CT molecular complexity index is 464. The van der Waals surface area contributed by atoms with Crippen LogP contribution < -0.4 is 5.32 Å². The number of esters is 1. The van der Waals surface area contributed by atoms with Gasteiger partial charge in [0, 0.05) is 6.61 Å². The zero-order valence-electron chi connectivity index (χ0n) is 11.5. The standard InChI is InChI=1S/C14H18FNO4/c1-3-19-9-12(14(18)20-4-2)16-13(17)10-7-5-6-8-11(10)15/h5-8,12H,3-4,9H2,1-2H3,(H,16,17). The molecule has 1 unspecified atom stereocenters. The van der Waals surface area contributed by atoms with Gasteiger partial charge in [0.05, 0.1) is 18.8 Å². The second kappa shape index (κ2) is 8.27. The third-order valence-corrected chi connectivity index (χ3v) is 2.48. The summed E-state index contributed by atoms with van der Waals surface area (Å²) in [5.74, 6) is -1.93. The van der Waals surface area contributed by atoms with Gasteiger partial charge in [-0.1, -0.05) is 12.1 Å². The third-order valence-electron chi connectivity index (χ3n) is 2.48. The molecule has 0 heterocycles. The molecule has 0 aliphatic rings. The average molecular weight is 283 g/mol. The predicted octanol–water partition coefficient (Wildman–Crippen LogP) is 1.52. The Morgan fingerprint density at radius 3 is 2.55 bits per heavy atom. The fraction of sp³-hybridized carbons (Fsp3) is 0.429. The molecular formula is C14H18FNO4. The molecule has 1 N–H and O–H groups in total. The SMILES string of the molecule is CCOCC(NC(=O)c1ccccc1F)C(=O)OCC. The van der Waals surface area contributed by atoms with Crippen LogP contribution in [0.15, 0.2) is 24.3 Å². The third kappa shape index (κ3) is 4.62. The molecule has 0 aliphatic carbocycles. The number of carbonyl (C=O) groups excluding carboxylic acids is 2. The van der Waals surface area contributed by atoms with Crippen LogP contribution >= 0.6 is 0 Å². The van der Waals surface area contributed by atoms with E-state index in [9.17, 15) is 14.0 Å². The zero-order valence-corrected chi connectivity index (χ0v) is 11.5. The first kappa shape index (κ1) is 16.1. The maximum absolute atomic E-state index is 13.5. The van der Waals surface area contributed by atoms with E-state index in [1.54, 1.807) is 19.9 Å². The van der Waals surface area contributed by atoms with Crippen molar-refractivity contribution in [1.82, 2.24) is 5.32 Å². The van der Waals surface area contributed by atoms with Gasteiger partial charge in [0.25, 0.3) is 5.91 Å². The summed E-state index contributed by atoms with van der Waals surface area (Å²) in [6.45, 7) is 3.99. The van der Waals surface area contributed by atoms with Crippen LogP contribution in [0, 0.1) is 5.82 Å². The summed E-state index contributed by atoms with van der Waals surface area (Å²) in [7, 11) is 0. The molecule has 0 saturated carbocycles. The highest BCUT2D eigenvalue weighted by atomic mass is 19.1. The van der Waals surface area contributed by atoms with Crippen LogP contribution in [0.25, 0.3) is 0 Å². The van der Waals surface area contributed by atoms with Crippen molar-refractivity contribution in [3.63, 3.8) is 0 Å². The molecule has 0 radical (unpaired) electrons. The van der Waals surface area contributed by atoms with Gasteiger partial charge in [-0.2, -0.15) is 0 Å². The quantitative estimate of drug-likeness (QED) is 0.771. The van der Waals surface area contributed by atoms with Crippen LogP contribution in [0.5, 0.6) is 0 Å². The summed E-state index contributed by atoms with van der Waals surface area (Å²) in [6.07, 6.45) is 0. The van der Waals surface area contributed by atoms with Crippen molar-refractivity contribution in [2.45, 2.75) is 19.9 Å². The second-order valence-corrected chi connectivity index (χ2v) is 3.92. The fourth-order valence-electron chi connectivity index (χ4n) is 1.53. The van der Waals surface area contributed by atoms with Crippen molar-refractivity contribution in [1.29, 1.82) is 0 Å². The van der Waals surface area contributed by atoms with Crippen LogP contribution in [0.2, 0.25) is 0 Å². The maximum atomic E-state index is 13.5. The Kier molecular flexibility index (Phi) is 6.66. The van der Waals surface area contributed by atoms with Gasteiger partial charge in [-0.15, -0.1) is 0 Å². The minimum atomic E-state index is -0.956. The first-order valence-corrected chi connectivity index (χ1v) is 6.39. The molecule has 0 bridgehead atoms. The molecule has 6 heteroatoms. The predicted molar refractivity (Wildman–Crippen MR) is 70.8 cm³/mol. The minimum Gasteiger partial charge on any atom is -0.464 e. The first-order valence-electron chi connectivity index (χ1n) is 6.39. The molecule has 0 spiro atoms. The number of halogens is 1. The summed E-state index contributed by atoms with van der Waals surface area (Å²) in [5, 5.41) is 2.42. The monoisotopic (exact) mass is 283 g/mol. The van der Waals surface area contributed by atoms with E-state index in [2.05, 4.69) is 5.32 Å². The molecule has 20 heavy (non-hydrogen) atoms. The topological polar surface area (TPSA) is 64.6 Å². The van der Waals surface area contributed by atoms with Crippen molar-refractivity contribution < 1.29 is 23.5 Å². The highest BCUT2D eigenvalue weighted by Gasteiger charge is 2.23. The summed E-state index contributed by atoms with van der Waals surface area (Å²) in [6, 6.07) is 4.58. The smallest absolute Gasteiger partial charge is 0.331 e. The Morgan fingerprint density at radius 1 is 1.25 bits per heavy atom. The number of carbonyl (C=O) groups is 2. The van der Waals surface area contributed by atoms with Crippen LogP contribution in [-0.2, 0) is 14.3 Å². The first-order chi connectivity index (χ1) is 9.60. The van der Waals surface area contributed by atoms with E-state index in [1.807, 2.05) is 0 Å². The van der Waals surface area contributed by atoms with Gasteiger partial charge >= 0.3 is 5.97 Å². The molecule has 0 saturated heterocycles. The molecular weight excluding hydrogens is 265 g/mol. The fourth-order valence-corrected chi connectivity index (χ4v) is 1.53. The van der Waals surface area contributed by atoms with Crippen LogP contribution in [0.3, 0.4) is 0 Å². The van der Waals surface area contributed by atoms with E-state index in [0.717, 1.165) is 0 Å². The molecule has 0 aromatic heterocycles. The van der Waals surface area contributed by atoms with E-state index in [1.165, 1.54) is 18.2 Å². The van der Waals surface area contributed by atoms with E-state index < -0.39 is 23.7 Å². The maximum Gasteiger partial charge on any atom is 0.331 e. The van der Waals surface area contributed by atoms with Gasteiger partial charge in [-0.25, -0.2) is 9.18 Å². The van der Waals surface area contributed by atoms with Gasteiger partial charge in [-0.3, -0.25) is 4.79 Å². The van der Waals surface area contributed by atoms with Crippen LogP contribution in [0.1, 0.15) is 24.2 Å². The number of amides is 1. The Labute approximate surface area is 117 Å². The lowest BCUT2D eigenvalue weighted by Gasteiger charge is -2.17. The number of benzene rings is 1. The highest BCUT2D eigenvalue weighted by Crippen LogP contribution is 2.06. The van der Waals surface area contributed by atoms with Gasteiger partial charge in [0.15, 0.2) is 6.04 Å². The average Bonchev–Trinajstić information content (AvgIpc) is 2.43. The molecule has 110 valence electrons. The summed E-state index contributed by atoms with van der Waals surface area (Å²) < 4.78 is 23.4. The van der Waals surface area contributed by atoms with Crippen molar-refractivity contribution in [2.75, 3.05) is 19.8 Å². The van der Waals surface area contributed by atoms with Gasteiger partial charge < -0.3 is 14.8 Å². The van der Waals surface area contributed by atoms with E-state index >= 15 is 0 Å². The minimum absolute atomic E-state index is 0.0183.